The summed E-state index contributed by atoms with van der Waals surface area (Å²) in [6.45, 7) is 1.12. The fourth-order valence-electron chi connectivity index (χ4n) is 4.98. The molecule has 1 atom stereocenters. The van der Waals surface area contributed by atoms with Gasteiger partial charge in [-0.3, -0.25) is 18.8 Å². The smallest absolute Gasteiger partial charge is 0.414 e. The van der Waals surface area contributed by atoms with Gasteiger partial charge in [0, 0.05) is 48.1 Å². The first-order valence-corrected chi connectivity index (χ1v) is 12.8. The Morgan fingerprint density at radius 2 is 1.81 bits per heavy atom. The van der Waals surface area contributed by atoms with Crippen molar-refractivity contribution in [3.05, 3.63) is 23.8 Å². The molecule has 11 heteroatoms. The van der Waals surface area contributed by atoms with Gasteiger partial charge in [0.1, 0.15) is 11.8 Å². The van der Waals surface area contributed by atoms with E-state index in [9.17, 15) is 27.5 Å². The Kier molecular flexibility index (Phi) is 5.25. The molecular formula is C21H27F2N3O5S. The van der Waals surface area contributed by atoms with Crippen molar-refractivity contribution in [2.24, 2.45) is 11.3 Å². The normalized spacial score (nSPS) is 27.1. The highest BCUT2D eigenvalue weighted by Gasteiger charge is 2.49. The Bertz CT molecular complexity index is 916. The van der Waals surface area contributed by atoms with Crippen molar-refractivity contribution in [2.45, 2.75) is 31.8 Å². The molecule has 1 saturated carbocycles. The first-order chi connectivity index (χ1) is 15.1. The first-order valence-electron chi connectivity index (χ1n) is 10.9. The molecule has 3 N–H and O–H groups in total. The van der Waals surface area contributed by atoms with Crippen LogP contribution in [0.4, 0.5) is 25.0 Å². The molecule has 2 amide bonds. The van der Waals surface area contributed by atoms with Gasteiger partial charge >= 0.3 is 6.09 Å². The van der Waals surface area contributed by atoms with Crippen LogP contribution in [0.5, 0.6) is 0 Å². The van der Waals surface area contributed by atoms with Crippen molar-refractivity contribution < 1.29 is 32.2 Å². The molecule has 1 aliphatic carbocycles. The van der Waals surface area contributed by atoms with Crippen LogP contribution in [0.25, 0.3) is 0 Å². The van der Waals surface area contributed by atoms with Crippen LogP contribution in [0.2, 0.25) is 0 Å². The van der Waals surface area contributed by atoms with Gasteiger partial charge in [0.2, 0.25) is 5.91 Å². The third kappa shape index (κ3) is 4.13. The molecule has 3 saturated heterocycles. The van der Waals surface area contributed by atoms with Crippen molar-refractivity contribution >= 4 is 34.0 Å². The molecule has 3 heterocycles. The highest BCUT2D eigenvalue weighted by Crippen LogP contribution is 2.62. The fraction of sp³-hybridized carbons (Fsp3) is 0.619. The molecule has 5 rings (SSSR count). The topological polar surface area (TPSA) is 102 Å². The lowest BCUT2D eigenvalue weighted by molar-refractivity contribution is -0.122. The van der Waals surface area contributed by atoms with Gasteiger partial charge in [0.15, 0.2) is 11.6 Å². The Labute approximate surface area is 186 Å². The van der Waals surface area contributed by atoms with Gasteiger partial charge in [-0.25, -0.2) is 13.6 Å². The van der Waals surface area contributed by atoms with Crippen molar-refractivity contribution in [1.82, 2.24) is 5.32 Å². The van der Waals surface area contributed by atoms with Crippen molar-refractivity contribution in [3.8, 4) is 0 Å². The average molecular weight is 472 g/mol. The van der Waals surface area contributed by atoms with Gasteiger partial charge in [0.05, 0.1) is 18.8 Å². The number of hydrogen-bond acceptors (Lipinski definition) is 6. The molecule has 4 fully saturated rings. The molecule has 176 valence electrons. The Hall–Kier alpha value is -2.11. The summed E-state index contributed by atoms with van der Waals surface area (Å²) < 4.78 is 54.5. The monoisotopic (exact) mass is 471 g/mol. The van der Waals surface area contributed by atoms with E-state index in [2.05, 4.69) is 5.32 Å². The van der Waals surface area contributed by atoms with Crippen LogP contribution in [0.15, 0.2) is 12.1 Å². The maximum Gasteiger partial charge on any atom is 0.414 e. The van der Waals surface area contributed by atoms with Crippen LogP contribution in [-0.2, 0) is 9.53 Å². The molecule has 0 aromatic heterocycles. The number of ether oxygens (including phenoxy) is 1. The molecule has 1 aromatic rings. The van der Waals surface area contributed by atoms with Crippen molar-refractivity contribution in [3.63, 3.8) is 0 Å². The third-order valence-electron chi connectivity index (χ3n) is 6.85. The zero-order chi connectivity index (χ0) is 22.7. The zero-order valence-electron chi connectivity index (χ0n) is 17.6. The summed E-state index contributed by atoms with van der Waals surface area (Å²) in [6, 6.07) is 2.27. The van der Waals surface area contributed by atoms with E-state index in [1.165, 1.54) is 4.90 Å². The molecule has 8 nitrogen and oxygen atoms in total. The minimum atomic E-state index is -2.46. The number of anilines is 2. The number of nitrogens with one attached hydrogen (secondary N) is 1. The molecule has 1 unspecified atom stereocenters. The van der Waals surface area contributed by atoms with Gasteiger partial charge in [-0.15, -0.1) is 0 Å². The van der Waals surface area contributed by atoms with Crippen LogP contribution < -0.4 is 15.1 Å². The van der Waals surface area contributed by atoms with Gasteiger partial charge < -0.3 is 15.0 Å². The van der Waals surface area contributed by atoms with E-state index in [0.29, 0.717) is 37.4 Å². The minimum absolute atomic E-state index is 0.0453. The predicted octanol–water partition coefficient (Wildman–Crippen LogP) is 3.17. The summed E-state index contributed by atoms with van der Waals surface area (Å²) in [5.41, 5.74) is -0.188. The highest BCUT2D eigenvalue weighted by atomic mass is 32.3. The van der Waals surface area contributed by atoms with Crippen molar-refractivity contribution in [2.75, 3.05) is 47.5 Å². The van der Waals surface area contributed by atoms with Crippen LogP contribution in [0.3, 0.4) is 0 Å². The number of nitrogens with zero attached hydrogens (tertiary/aromatic N) is 2. The number of piperidine rings is 1. The minimum Gasteiger partial charge on any atom is -0.442 e. The number of benzene rings is 1. The largest absolute Gasteiger partial charge is 0.442 e. The zero-order valence-corrected chi connectivity index (χ0v) is 18.4. The summed E-state index contributed by atoms with van der Waals surface area (Å²) in [4.78, 5) is 26.8. The second kappa shape index (κ2) is 7.74. The molecule has 3 aliphatic heterocycles. The van der Waals surface area contributed by atoms with E-state index in [-0.39, 0.29) is 41.7 Å². The van der Waals surface area contributed by atoms with Gasteiger partial charge in [0.25, 0.3) is 0 Å². The summed E-state index contributed by atoms with van der Waals surface area (Å²) in [5, 5.41) is 2.75. The molecular weight excluding hydrogens is 444 g/mol. The van der Waals surface area contributed by atoms with E-state index in [1.807, 2.05) is 0 Å². The molecule has 32 heavy (non-hydrogen) atoms. The maximum atomic E-state index is 14.9. The number of rotatable bonds is 5. The Morgan fingerprint density at radius 1 is 1.19 bits per heavy atom. The van der Waals surface area contributed by atoms with Gasteiger partial charge in [-0.1, -0.05) is 0 Å². The standard InChI is InChI=1S/C21H27F2N3O5S/c22-16-7-14(26-10-15(31-20(26)28)9-24-19(27)13-1-2-13)8-17(23)18(16)25-5-3-21(4-6-25)11-32(29,30)12-21/h7-8,13,15,29-30H,1-6,9-12H2,(H,24,27). The van der Waals surface area contributed by atoms with E-state index >= 15 is 0 Å². The van der Waals surface area contributed by atoms with Crippen LogP contribution >= 0.6 is 10.6 Å². The summed E-state index contributed by atoms with van der Waals surface area (Å²) in [6.07, 6.45) is 1.76. The molecule has 4 aliphatic rings. The number of carbonyl (C=O) groups is 2. The SMILES string of the molecule is O=C(NCC1CN(c2cc(F)c(N3CCC4(CC3)CS(O)(O)C4)c(F)c2)C(=O)O1)C1CC1. The average Bonchev–Trinajstić information content (AvgIpc) is 3.48. The van der Waals surface area contributed by atoms with Crippen molar-refractivity contribution in [1.29, 1.82) is 0 Å². The summed E-state index contributed by atoms with van der Waals surface area (Å²) >= 11 is 0. The second-order valence-corrected chi connectivity index (χ2v) is 11.7. The molecule has 1 spiro atoms. The first kappa shape index (κ1) is 21.7. The Morgan fingerprint density at radius 3 is 2.38 bits per heavy atom. The predicted molar refractivity (Wildman–Crippen MR) is 116 cm³/mol. The molecule has 0 radical (unpaired) electrons. The third-order valence-corrected chi connectivity index (χ3v) is 9.00. The molecule has 0 bridgehead atoms. The summed E-state index contributed by atoms with van der Waals surface area (Å²) in [5.74, 6) is -0.784. The summed E-state index contributed by atoms with van der Waals surface area (Å²) in [7, 11) is -2.46. The fourth-order valence-corrected chi connectivity index (χ4v) is 7.44. The van der Waals surface area contributed by atoms with E-state index in [0.717, 1.165) is 25.0 Å². The van der Waals surface area contributed by atoms with Crippen LogP contribution in [0, 0.1) is 23.0 Å². The number of hydrogen-bond donors (Lipinski definition) is 3. The van der Waals surface area contributed by atoms with E-state index < -0.39 is 34.4 Å². The number of cyclic esters (lactones) is 1. The lowest BCUT2D eigenvalue weighted by Crippen LogP contribution is -2.52. The number of halogens is 2. The molecule has 1 aromatic carbocycles. The van der Waals surface area contributed by atoms with Gasteiger partial charge in [-0.05, 0) is 25.7 Å². The number of carbonyl (C=O) groups excluding carboxylic acids is 2. The van der Waals surface area contributed by atoms with Crippen LogP contribution in [-0.4, -0.2) is 64.9 Å². The lowest BCUT2D eigenvalue weighted by Gasteiger charge is -2.58. The van der Waals surface area contributed by atoms with E-state index in [1.54, 1.807) is 4.90 Å². The maximum absolute atomic E-state index is 14.9. The highest BCUT2D eigenvalue weighted by molar-refractivity contribution is 8.25. The second-order valence-electron chi connectivity index (χ2n) is 9.47. The number of amides is 2. The van der Waals surface area contributed by atoms with Gasteiger partial charge in [-0.2, -0.15) is 10.6 Å². The Balaban J connectivity index is 1.23. The van der Waals surface area contributed by atoms with E-state index in [4.69, 9.17) is 4.74 Å². The van der Waals surface area contributed by atoms with Crippen LogP contribution in [0.1, 0.15) is 25.7 Å². The lowest BCUT2D eigenvalue weighted by atomic mass is 9.81. The quantitative estimate of drug-likeness (QED) is 0.610.